The zero-order chi connectivity index (χ0) is 30.3. The van der Waals surface area contributed by atoms with E-state index in [0.29, 0.717) is 21.4 Å². The Morgan fingerprint density at radius 2 is 1.25 bits per heavy atom. The Hall–Kier alpha value is -4.71. The molecule has 5 aromatic carbocycles. The van der Waals surface area contributed by atoms with Gasteiger partial charge in [0.25, 0.3) is 0 Å². The largest absolute Gasteiger partial charge is 0.308 e. The average molecular weight is 617 g/mol. The van der Waals surface area contributed by atoms with Crippen molar-refractivity contribution in [2.75, 3.05) is 5.32 Å². The standard InChI is InChI=1S/C37H27Cl2N3O2/c38-31-17-10-18-32(39)34(31)24-19-20-33-30(23-24)35(40-36(44)25-21-29(43)22-25)41-42(33)37(26-11-4-1-5-12-26,27-13-6-2-7-14-27)28-15-8-3-9-16-28/h1-20,23,25H,21-22H2,(H,40,41,44). The lowest BCUT2D eigenvalue weighted by molar-refractivity contribution is -0.135. The molecule has 6 aromatic rings. The van der Waals surface area contributed by atoms with E-state index < -0.39 is 5.54 Å². The lowest BCUT2D eigenvalue weighted by atomic mass is 9.77. The summed E-state index contributed by atoms with van der Waals surface area (Å²) < 4.78 is 2.00. The zero-order valence-corrected chi connectivity index (χ0v) is 25.1. The van der Waals surface area contributed by atoms with Crippen molar-refractivity contribution in [3.8, 4) is 11.1 Å². The van der Waals surface area contributed by atoms with Gasteiger partial charge in [0.2, 0.25) is 5.91 Å². The smallest absolute Gasteiger partial charge is 0.229 e. The van der Waals surface area contributed by atoms with Crippen molar-refractivity contribution in [3.63, 3.8) is 0 Å². The molecule has 0 aliphatic heterocycles. The van der Waals surface area contributed by atoms with Crippen molar-refractivity contribution in [2.24, 2.45) is 5.92 Å². The Balaban J connectivity index is 1.54. The van der Waals surface area contributed by atoms with Crippen LogP contribution in [0.15, 0.2) is 127 Å². The number of nitrogens with zero attached hydrogens (tertiary/aromatic N) is 2. The zero-order valence-electron chi connectivity index (χ0n) is 23.6. The molecule has 1 saturated carbocycles. The van der Waals surface area contributed by atoms with Crippen LogP contribution in [-0.4, -0.2) is 21.5 Å². The number of benzene rings is 5. The van der Waals surface area contributed by atoms with Crippen LogP contribution in [-0.2, 0) is 15.1 Å². The van der Waals surface area contributed by atoms with Crippen molar-refractivity contribution < 1.29 is 9.59 Å². The predicted octanol–water partition coefficient (Wildman–Crippen LogP) is 8.77. The first-order chi connectivity index (χ1) is 21.5. The van der Waals surface area contributed by atoms with Gasteiger partial charge in [-0.25, -0.2) is 4.68 Å². The van der Waals surface area contributed by atoms with Gasteiger partial charge in [-0.2, -0.15) is 5.10 Å². The van der Waals surface area contributed by atoms with Crippen LogP contribution >= 0.6 is 23.2 Å². The van der Waals surface area contributed by atoms with E-state index in [0.717, 1.165) is 33.2 Å². The number of halogens is 2. The van der Waals surface area contributed by atoms with Gasteiger partial charge in [0.05, 0.1) is 11.4 Å². The molecule has 0 spiro atoms. The number of Topliss-reactive ketones (excluding diaryl/α,β-unsaturated/α-hetero) is 1. The Kier molecular flexibility index (Phi) is 7.29. The molecule has 1 aliphatic rings. The summed E-state index contributed by atoms with van der Waals surface area (Å²) in [6.45, 7) is 0. The van der Waals surface area contributed by atoms with Gasteiger partial charge in [-0.3, -0.25) is 9.59 Å². The van der Waals surface area contributed by atoms with Crippen LogP contribution in [0.3, 0.4) is 0 Å². The molecule has 1 fully saturated rings. The Morgan fingerprint density at radius 3 is 1.75 bits per heavy atom. The first-order valence-corrected chi connectivity index (χ1v) is 15.2. The fourth-order valence-corrected chi connectivity index (χ4v) is 6.81. The van der Waals surface area contributed by atoms with Crippen LogP contribution in [0.1, 0.15) is 29.5 Å². The van der Waals surface area contributed by atoms with Crippen molar-refractivity contribution in [1.82, 2.24) is 9.78 Å². The second kappa shape index (κ2) is 11.4. The maximum atomic E-state index is 13.4. The molecular weight excluding hydrogens is 589 g/mol. The molecule has 1 heterocycles. The van der Waals surface area contributed by atoms with Gasteiger partial charge in [0.15, 0.2) is 5.82 Å². The first kappa shape index (κ1) is 28.1. The average Bonchev–Trinajstić information content (AvgIpc) is 3.39. The maximum Gasteiger partial charge on any atom is 0.229 e. The van der Waals surface area contributed by atoms with Crippen molar-refractivity contribution >= 4 is 51.6 Å². The topological polar surface area (TPSA) is 64.0 Å². The van der Waals surface area contributed by atoms with Gasteiger partial charge in [-0.15, -0.1) is 0 Å². The van der Waals surface area contributed by atoms with Gasteiger partial charge in [-0.1, -0.05) is 126 Å². The minimum Gasteiger partial charge on any atom is -0.308 e. The Labute approximate surface area is 265 Å². The number of ketones is 1. The van der Waals surface area contributed by atoms with E-state index >= 15 is 0 Å². The normalized spacial score (nSPS) is 13.5. The lowest BCUT2D eigenvalue weighted by Crippen LogP contribution is -2.39. The highest BCUT2D eigenvalue weighted by Crippen LogP contribution is 2.45. The molecule has 0 radical (unpaired) electrons. The summed E-state index contributed by atoms with van der Waals surface area (Å²) >= 11 is 13.3. The predicted molar refractivity (Wildman–Crippen MR) is 176 cm³/mol. The lowest BCUT2D eigenvalue weighted by Gasteiger charge is -2.37. The van der Waals surface area contributed by atoms with E-state index in [9.17, 15) is 9.59 Å². The SMILES string of the molecule is O=C1CC(C(=O)Nc2nn(C(c3ccccc3)(c3ccccc3)c3ccccc3)c3ccc(-c4c(Cl)cccc4Cl)cc23)C1. The van der Waals surface area contributed by atoms with Crippen LogP contribution in [0.4, 0.5) is 5.82 Å². The number of rotatable bonds is 7. The third-order valence-corrected chi connectivity index (χ3v) is 9.01. The molecule has 0 saturated heterocycles. The van der Waals surface area contributed by atoms with Gasteiger partial charge >= 0.3 is 0 Å². The molecule has 5 nitrogen and oxygen atoms in total. The van der Waals surface area contributed by atoms with Crippen LogP contribution in [0, 0.1) is 5.92 Å². The van der Waals surface area contributed by atoms with Gasteiger partial charge in [0.1, 0.15) is 11.3 Å². The Morgan fingerprint density at radius 1 is 0.727 bits per heavy atom. The number of hydrogen-bond acceptors (Lipinski definition) is 3. The van der Waals surface area contributed by atoms with Crippen molar-refractivity contribution in [1.29, 1.82) is 0 Å². The summed E-state index contributed by atoms with van der Waals surface area (Å²) in [4.78, 5) is 25.1. The Bertz CT molecular complexity index is 1880. The fourth-order valence-electron chi connectivity index (χ4n) is 6.19. The fraction of sp³-hybridized carbons (Fsp3) is 0.108. The summed E-state index contributed by atoms with van der Waals surface area (Å²) in [5.74, 6) is -0.0953. The molecular formula is C37H27Cl2N3O2. The van der Waals surface area contributed by atoms with Gasteiger partial charge in [-0.05, 0) is 46.5 Å². The summed E-state index contributed by atoms with van der Waals surface area (Å²) in [7, 11) is 0. The number of fused-ring (bicyclic) bond motifs is 1. The summed E-state index contributed by atoms with van der Waals surface area (Å²) in [6, 6.07) is 42.1. The second-order valence-electron chi connectivity index (χ2n) is 11.0. The minimum absolute atomic E-state index is 0.0902. The number of anilines is 1. The number of amides is 1. The molecule has 1 N–H and O–H groups in total. The molecule has 7 heteroatoms. The third kappa shape index (κ3) is 4.69. The monoisotopic (exact) mass is 615 g/mol. The highest BCUT2D eigenvalue weighted by Gasteiger charge is 2.41. The van der Waals surface area contributed by atoms with Gasteiger partial charge in [0, 0.05) is 33.8 Å². The van der Waals surface area contributed by atoms with Crippen LogP contribution in [0.5, 0.6) is 0 Å². The quantitative estimate of drug-likeness (QED) is 0.183. The molecule has 7 rings (SSSR count). The number of carbonyl (C=O) groups excluding carboxylic acids is 2. The molecule has 1 aliphatic carbocycles. The number of hydrogen-bond donors (Lipinski definition) is 1. The van der Waals surface area contributed by atoms with Crippen LogP contribution < -0.4 is 5.32 Å². The number of nitrogens with one attached hydrogen (secondary N) is 1. The summed E-state index contributed by atoms with van der Waals surface area (Å²) in [5, 5.41) is 10.1. The van der Waals surface area contributed by atoms with Gasteiger partial charge < -0.3 is 5.32 Å². The summed E-state index contributed by atoms with van der Waals surface area (Å²) in [5.41, 5.74) is 4.40. The van der Waals surface area contributed by atoms with E-state index in [1.165, 1.54) is 0 Å². The number of carbonyl (C=O) groups is 2. The molecule has 216 valence electrons. The first-order valence-electron chi connectivity index (χ1n) is 14.4. The van der Waals surface area contributed by atoms with Crippen molar-refractivity contribution in [3.05, 3.63) is 154 Å². The molecule has 0 unspecified atom stereocenters. The maximum absolute atomic E-state index is 13.4. The van der Waals surface area contributed by atoms with E-state index in [4.69, 9.17) is 28.3 Å². The summed E-state index contributed by atoms with van der Waals surface area (Å²) in [6.07, 6.45) is 0.486. The second-order valence-corrected chi connectivity index (χ2v) is 11.8. The van der Waals surface area contributed by atoms with Crippen LogP contribution in [0.2, 0.25) is 10.0 Å². The van der Waals surface area contributed by atoms with Crippen molar-refractivity contribution in [2.45, 2.75) is 18.4 Å². The molecule has 0 atom stereocenters. The molecule has 44 heavy (non-hydrogen) atoms. The van der Waals surface area contributed by atoms with E-state index in [1.54, 1.807) is 12.1 Å². The third-order valence-electron chi connectivity index (χ3n) is 8.38. The molecule has 1 aromatic heterocycles. The number of aromatic nitrogens is 2. The highest BCUT2D eigenvalue weighted by molar-refractivity contribution is 6.39. The van der Waals surface area contributed by atoms with E-state index in [2.05, 4.69) is 41.7 Å². The molecule has 1 amide bonds. The minimum atomic E-state index is -0.902. The molecule has 0 bridgehead atoms. The van der Waals surface area contributed by atoms with E-state index in [1.807, 2.05) is 83.5 Å². The van der Waals surface area contributed by atoms with Crippen LogP contribution in [0.25, 0.3) is 22.0 Å². The highest BCUT2D eigenvalue weighted by atomic mass is 35.5. The van der Waals surface area contributed by atoms with E-state index in [-0.39, 0.29) is 30.4 Å².